The lowest BCUT2D eigenvalue weighted by Gasteiger charge is -2.21. The zero-order chi connectivity index (χ0) is 13.5. The lowest BCUT2D eigenvalue weighted by atomic mass is 9.89. The maximum Gasteiger partial charge on any atom is 0.230 e. The molecular formula is C15H20BrNOS. The summed E-state index contributed by atoms with van der Waals surface area (Å²) in [6.45, 7) is 0.861. The highest BCUT2D eigenvalue weighted by Gasteiger charge is 2.14. The van der Waals surface area contributed by atoms with Crippen LogP contribution in [0.1, 0.15) is 32.1 Å². The number of halogens is 1. The van der Waals surface area contributed by atoms with E-state index < -0.39 is 0 Å². The van der Waals surface area contributed by atoms with Crippen LogP contribution in [0.15, 0.2) is 33.6 Å². The second kappa shape index (κ2) is 7.95. The van der Waals surface area contributed by atoms with E-state index in [4.69, 9.17) is 0 Å². The predicted molar refractivity (Wildman–Crippen MR) is 84.5 cm³/mol. The van der Waals surface area contributed by atoms with Gasteiger partial charge in [-0.15, -0.1) is 11.8 Å². The van der Waals surface area contributed by atoms with Crippen molar-refractivity contribution in [3.8, 4) is 0 Å². The highest BCUT2D eigenvalue weighted by Crippen LogP contribution is 2.23. The minimum absolute atomic E-state index is 0.151. The molecule has 0 saturated heterocycles. The van der Waals surface area contributed by atoms with Crippen LogP contribution in [0.25, 0.3) is 0 Å². The first-order chi connectivity index (χ1) is 9.24. The maximum atomic E-state index is 11.8. The Morgan fingerprint density at radius 3 is 2.58 bits per heavy atom. The van der Waals surface area contributed by atoms with E-state index in [2.05, 4.69) is 21.2 Å². The molecule has 1 aliphatic rings. The van der Waals surface area contributed by atoms with Gasteiger partial charge in [0.15, 0.2) is 0 Å². The van der Waals surface area contributed by atoms with Gasteiger partial charge < -0.3 is 5.32 Å². The van der Waals surface area contributed by atoms with E-state index in [0.717, 1.165) is 15.9 Å². The fourth-order valence-electron chi connectivity index (χ4n) is 2.38. The highest BCUT2D eigenvalue weighted by molar-refractivity contribution is 9.10. The molecule has 1 N–H and O–H groups in total. The van der Waals surface area contributed by atoms with Crippen LogP contribution in [-0.4, -0.2) is 18.2 Å². The molecule has 1 aromatic rings. The van der Waals surface area contributed by atoms with Crippen molar-refractivity contribution in [1.82, 2.24) is 5.32 Å². The second-order valence-electron chi connectivity index (χ2n) is 5.05. The van der Waals surface area contributed by atoms with E-state index in [1.54, 1.807) is 11.8 Å². The Hall–Kier alpha value is -0.480. The Morgan fingerprint density at radius 1 is 1.21 bits per heavy atom. The van der Waals surface area contributed by atoms with E-state index in [9.17, 15) is 4.79 Å². The molecule has 1 aromatic carbocycles. The topological polar surface area (TPSA) is 29.1 Å². The van der Waals surface area contributed by atoms with Gasteiger partial charge in [-0.25, -0.2) is 0 Å². The van der Waals surface area contributed by atoms with Gasteiger partial charge in [-0.05, 0) is 43.0 Å². The Bertz CT molecular complexity index is 401. The Kier molecular flexibility index (Phi) is 6.24. The van der Waals surface area contributed by atoms with Gasteiger partial charge in [-0.1, -0.05) is 35.2 Å². The summed E-state index contributed by atoms with van der Waals surface area (Å²) < 4.78 is 1.07. The van der Waals surface area contributed by atoms with Crippen LogP contribution in [0.4, 0.5) is 0 Å². The van der Waals surface area contributed by atoms with Gasteiger partial charge in [0.2, 0.25) is 5.91 Å². The average molecular weight is 342 g/mol. The first kappa shape index (κ1) is 14.9. The minimum Gasteiger partial charge on any atom is -0.355 e. The van der Waals surface area contributed by atoms with Gasteiger partial charge in [0.05, 0.1) is 5.75 Å². The molecule has 0 bridgehead atoms. The van der Waals surface area contributed by atoms with Crippen LogP contribution in [0.2, 0.25) is 0 Å². The van der Waals surface area contributed by atoms with Crippen molar-refractivity contribution in [2.75, 3.05) is 12.3 Å². The summed E-state index contributed by atoms with van der Waals surface area (Å²) in [6, 6.07) is 8.07. The number of hydrogen-bond acceptors (Lipinski definition) is 2. The molecule has 0 heterocycles. The quantitative estimate of drug-likeness (QED) is 0.811. The summed E-state index contributed by atoms with van der Waals surface area (Å²) in [5.74, 6) is 1.36. The van der Waals surface area contributed by atoms with Crippen LogP contribution in [0.3, 0.4) is 0 Å². The summed E-state index contributed by atoms with van der Waals surface area (Å²) >= 11 is 5.00. The Balaban J connectivity index is 1.65. The molecule has 0 spiro atoms. The fourth-order valence-corrected chi connectivity index (χ4v) is 3.37. The molecule has 19 heavy (non-hydrogen) atoms. The fraction of sp³-hybridized carbons (Fsp3) is 0.533. The minimum atomic E-state index is 0.151. The summed E-state index contributed by atoms with van der Waals surface area (Å²) in [5.41, 5.74) is 0. The van der Waals surface area contributed by atoms with E-state index in [1.165, 1.54) is 32.1 Å². The van der Waals surface area contributed by atoms with Crippen molar-refractivity contribution in [1.29, 1.82) is 0 Å². The molecule has 1 aliphatic carbocycles. The van der Waals surface area contributed by atoms with Crippen LogP contribution in [0.5, 0.6) is 0 Å². The predicted octanol–water partition coefficient (Wildman–Crippen LogP) is 4.24. The summed E-state index contributed by atoms with van der Waals surface area (Å²) in [7, 11) is 0. The number of carbonyl (C=O) groups excluding carboxylic acids is 1. The van der Waals surface area contributed by atoms with Crippen molar-refractivity contribution in [3.05, 3.63) is 28.7 Å². The van der Waals surface area contributed by atoms with Gasteiger partial charge in [-0.3, -0.25) is 4.79 Å². The number of hydrogen-bond donors (Lipinski definition) is 1. The number of carbonyl (C=O) groups is 1. The number of benzene rings is 1. The molecule has 104 valence electrons. The first-order valence-electron chi connectivity index (χ1n) is 6.89. The van der Waals surface area contributed by atoms with Crippen molar-refractivity contribution in [2.24, 2.45) is 5.92 Å². The first-order valence-corrected chi connectivity index (χ1v) is 8.67. The highest BCUT2D eigenvalue weighted by atomic mass is 79.9. The number of nitrogens with one attached hydrogen (secondary N) is 1. The molecule has 0 unspecified atom stereocenters. The van der Waals surface area contributed by atoms with Crippen LogP contribution >= 0.6 is 27.7 Å². The van der Waals surface area contributed by atoms with Crippen molar-refractivity contribution >= 4 is 33.6 Å². The normalized spacial score (nSPS) is 16.3. The van der Waals surface area contributed by atoms with Gasteiger partial charge in [-0.2, -0.15) is 0 Å². The smallest absolute Gasteiger partial charge is 0.230 e. The van der Waals surface area contributed by atoms with Gasteiger partial charge in [0.25, 0.3) is 0 Å². The van der Waals surface area contributed by atoms with Gasteiger partial charge in [0.1, 0.15) is 0 Å². The zero-order valence-electron chi connectivity index (χ0n) is 11.0. The van der Waals surface area contributed by atoms with E-state index in [-0.39, 0.29) is 5.91 Å². The Labute approximate surface area is 127 Å². The third-order valence-electron chi connectivity index (χ3n) is 3.50. The molecule has 0 radical (unpaired) electrons. The standard InChI is InChI=1S/C15H20BrNOS/c16-13-6-8-14(9-7-13)19-11-15(18)17-10-12-4-2-1-3-5-12/h6-9,12H,1-5,10-11H2,(H,17,18). The molecule has 1 fully saturated rings. The molecule has 0 aromatic heterocycles. The van der Waals surface area contributed by atoms with Crippen LogP contribution in [0, 0.1) is 5.92 Å². The van der Waals surface area contributed by atoms with Gasteiger partial charge >= 0.3 is 0 Å². The average Bonchev–Trinajstić information content (AvgIpc) is 2.45. The largest absolute Gasteiger partial charge is 0.355 e. The lowest BCUT2D eigenvalue weighted by Crippen LogP contribution is -2.31. The van der Waals surface area contributed by atoms with E-state index >= 15 is 0 Å². The van der Waals surface area contributed by atoms with E-state index in [0.29, 0.717) is 11.7 Å². The monoisotopic (exact) mass is 341 g/mol. The van der Waals surface area contributed by atoms with Crippen molar-refractivity contribution < 1.29 is 4.79 Å². The second-order valence-corrected chi connectivity index (χ2v) is 7.02. The van der Waals surface area contributed by atoms with Crippen LogP contribution < -0.4 is 5.32 Å². The number of rotatable bonds is 5. The summed E-state index contributed by atoms with van der Waals surface area (Å²) in [4.78, 5) is 12.9. The van der Waals surface area contributed by atoms with E-state index in [1.807, 2.05) is 24.3 Å². The molecule has 1 amide bonds. The SMILES string of the molecule is O=C(CSc1ccc(Br)cc1)NCC1CCCCC1. The van der Waals surface area contributed by atoms with Gasteiger partial charge in [0, 0.05) is 15.9 Å². The van der Waals surface area contributed by atoms with Crippen LogP contribution in [-0.2, 0) is 4.79 Å². The van der Waals surface area contributed by atoms with Crippen molar-refractivity contribution in [3.63, 3.8) is 0 Å². The number of amides is 1. The Morgan fingerprint density at radius 2 is 1.89 bits per heavy atom. The zero-order valence-corrected chi connectivity index (χ0v) is 13.4. The lowest BCUT2D eigenvalue weighted by molar-refractivity contribution is -0.118. The number of thioether (sulfide) groups is 1. The summed E-state index contributed by atoms with van der Waals surface area (Å²) in [6.07, 6.45) is 6.58. The molecular weight excluding hydrogens is 322 g/mol. The van der Waals surface area contributed by atoms with Crippen molar-refractivity contribution in [2.45, 2.75) is 37.0 Å². The third-order valence-corrected chi connectivity index (χ3v) is 5.04. The molecule has 1 saturated carbocycles. The molecule has 2 nitrogen and oxygen atoms in total. The molecule has 0 atom stereocenters. The molecule has 4 heteroatoms. The maximum absolute atomic E-state index is 11.8. The summed E-state index contributed by atoms with van der Waals surface area (Å²) in [5, 5.41) is 3.06. The molecule has 0 aliphatic heterocycles. The third kappa shape index (κ3) is 5.57. The molecule has 2 rings (SSSR count).